The third-order valence-electron chi connectivity index (χ3n) is 3.90. The highest BCUT2D eigenvalue weighted by Gasteiger charge is 2.36. The summed E-state index contributed by atoms with van der Waals surface area (Å²) in [6.07, 6.45) is 2.50. The van der Waals surface area contributed by atoms with Crippen LogP contribution in [0.2, 0.25) is 0 Å². The molecule has 102 valence electrons. The van der Waals surface area contributed by atoms with Crippen LogP contribution in [0.5, 0.6) is 0 Å². The van der Waals surface area contributed by atoms with Crippen molar-refractivity contribution in [1.29, 1.82) is 0 Å². The van der Waals surface area contributed by atoms with Crippen molar-refractivity contribution in [3.8, 4) is 0 Å². The molecule has 0 amide bonds. The largest absolute Gasteiger partial charge is 0.311 e. The molecule has 0 aromatic carbocycles. The number of nitrogens with one attached hydrogen (secondary N) is 1. The summed E-state index contributed by atoms with van der Waals surface area (Å²) in [6.45, 7) is 8.63. The van der Waals surface area contributed by atoms with Crippen molar-refractivity contribution in [1.82, 2.24) is 5.32 Å². The standard InChI is InChI=1S/C12H25NO2S2/c1-11(2)6-7-16-8-10(11)13-9-12(3,4)17(5,14)15/h10,13H,6-9H2,1-5H3. The molecule has 1 aliphatic heterocycles. The topological polar surface area (TPSA) is 46.2 Å². The van der Waals surface area contributed by atoms with Crippen molar-refractivity contribution in [2.75, 3.05) is 24.3 Å². The lowest BCUT2D eigenvalue weighted by Gasteiger charge is -2.40. The Labute approximate surface area is 110 Å². The molecular weight excluding hydrogens is 254 g/mol. The monoisotopic (exact) mass is 279 g/mol. The van der Waals surface area contributed by atoms with Crippen LogP contribution in [0, 0.1) is 5.41 Å². The second-order valence-electron chi connectivity index (χ2n) is 6.28. The van der Waals surface area contributed by atoms with Crippen LogP contribution in [0.25, 0.3) is 0 Å². The van der Waals surface area contributed by atoms with E-state index in [9.17, 15) is 8.42 Å². The van der Waals surface area contributed by atoms with E-state index in [1.807, 2.05) is 11.8 Å². The van der Waals surface area contributed by atoms with Crippen LogP contribution in [-0.4, -0.2) is 43.5 Å². The molecule has 0 saturated carbocycles. The van der Waals surface area contributed by atoms with Gasteiger partial charge in [0, 0.05) is 24.6 Å². The molecule has 0 aliphatic carbocycles. The fourth-order valence-electron chi connectivity index (χ4n) is 1.77. The van der Waals surface area contributed by atoms with E-state index >= 15 is 0 Å². The number of hydrogen-bond acceptors (Lipinski definition) is 4. The van der Waals surface area contributed by atoms with Crippen LogP contribution < -0.4 is 5.32 Å². The summed E-state index contributed by atoms with van der Waals surface area (Å²) in [6, 6.07) is 0.405. The van der Waals surface area contributed by atoms with E-state index < -0.39 is 14.6 Å². The first-order valence-corrected chi connectivity index (χ1v) is 9.12. The fourth-order valence-corrected chi connectivity index (χ4v) is 3.76. The molecule has 0 aromatic rings. The molecule has 0 radical (unpaired) electrons. The van der Waals surface area contributed by atoms with Crippen LogP contribution in [0.1, 0.15) is 34.1 Å². The third kappa shape index (κ3) is 3.86. The van der Waals surface area contributed by atoms with Crippen molar-refractivity contribution >= 4 is 21.6 Å². The maximum Gasteiger partial charge on any atom is 0.153 e. The summed E-state index contributed by atoms with van der Waals surface area (Å²) in [7, 11) is -3.01. The third-order valence-corrected chi connectivity index (χ3v) is 7.11. The van der Waals surface area contributed by atoms with E-state index in [4.69, 9.17) is 0 Å². The van der Waals surface area contributed by atoms with Gasteiger partial charge in [-0.3, -0.25) is 0 Å². The highest BCUT2D eigenvalue weighted by atomic mass is 32.2. The van der Waals surface area contributed by atoms with E-state index in [-0.39, 0.29) is 5.41 Å². The minimum atomic E-state index is -3.01. The van der Waals surface area contributed by atoms with Gasteiger partial charge < -0.3 is 5.32 Å². The smallest absolute Gasteiger partial charge is 0.153 e. The lowest BCUT2D eigenvalue weighted by molar-refractivity contribution is 0.242. The van der Waals surface area contributed by atoms with Crippen LogP contribution in [0.4, 0.5) is 0 Å². The molecule has 3 nitrogen and oxygen atoms in total. The molecule has 1 fully saturated rings. The Hall–Kier alpha value is 0.260. The number of rotatable bonds is 4. The molecule has 17 heavy (non-hydrogen) atoms. The normalized spacial score (nSPS) is 25.8. The maximum absolute atomic E-state index is 11.6. The van der Waals surface area contributed by atoms with Crippen molar-refractivity contribution in [2.45, 2.75) is 44.9 Å². The fraction of sp³-hybridized carbons (Fsp3) is 1.00. The lowest BCUT2D eigenvalue weighted by atomic mass is 9.82. The predicted octanol–water partition coefficient (Wildman–Crippen LogP) is 1.93. The molecule has 1 saturated heterocycles. The van der Waals surface area contributed by atoms with Crippen LogP contribution in [-0.2, 0) is 9.84 Å². The van der Waals surface area contributed by atoms with Gasteiger partial charge in [0.1, 0.15) is 0 Å². The first kappa shape index (κ1) is 15.3. The van der Waals surface area contributed by atoms with E-state index in [0.717, 1.165) is 5.75 Å². The summed E-state index contributed by atoms with van der Waals surface area (Å²) >= 11 is 1.95. The van der Waals surface area contributed by atoms with Crippen molar-refractivity contribution < 1.29 is 8.42 Å². The quantitative estimate of drug-likeness (QED) is 0.854. The van der Waals surface area contributed by atoms with E-state index in [0.29, 0.717) is 12.6 Å². The van der Waals surface area contributed by atoms with Crippen molar-refractivity contribution in [2.24, 2.45) is 5.41 Å². The molecule has 0 bridgehead atoms. The number of sulfone groups is 1. The zero-order valence-corrected chi connectivity index (χ0v) is 13.2. The Morgan fingerprint density at radius 1 is 1.41 bits per heavy atom. The maximum atomic E-state index is 11.6. The zero-order valence-electron chi connectivity index (χ0n) is 11.5. The van der Waals surface area contributed by atoms with Gasteiger partial charge in [-0.05, 0) is 31.4 Å². The van der Waals surface area contributed by atoms with E-state index in [2.05, 4.69) is 19.2 Å². The van der Waals surface area contributed by atoms with Gasteiger partial charge in [-0.1, -0.05) is 13.8 Å². The van der Waals surface area contributed by atoms with Crippen LogP contribution in [0.15, 0.2) is 0 Å². The zero-order chi connectivity index (χ0) is 13.3. The molecule has 1 atom stereocenters. The van der Waals surface area contributed by atoms with Gasteiger partial charge in [0.15, 0.2) is 9.84 Å². The summed E-state index contributed by atoms with van der Waals surface area (Å²) in [5.74, 6) is 2.29. The molecule has 1 unspecified atom stereocenters. The van der Waals surface area contributed by atoms with Crippen LogP contribution >= 0.6 is 11.8 Å². The van der Waals surface area contributed by atoms with Crippen molar-refractivity contribution in [3.05, 3.63) is 0 Å². The van der Waals surface area contributed by atoms with Gasteiger partial charge >= 0.3 is 0 Å². The van der Waals surface area contributed by atoms with Crippen LogP contribution in [0.3, 0.4) is 0 Å². The summed E-state index contributed by atoms with van der Waals surface area (Å²) < 4.78 is 22.6. The minimum Gasteiger partial charge on any atom is -0.311 e. The lowest BCUT2D eigenvalue weighted by Crippen LogP contribution is -2.52. The van der Waals surface area contributed by atoms with E-state index in [1.54, 1.807) is 13.8 Å². The van der Waals surface area contributed by atoms with Crippen molar-refractivity contribution in [3.63, 3.8) is 0 Å². The average molecular weight is 279 g/mol. The van der Waals surface area contributed by atoms with Gasteiger partial charge in [0.2, 0.25) is 0 Å². The van der Waals surface area contributed by atoms with Gasteiger partial charge in [0.25, 0.3) is 0 Å². The predicted molar refractivity (Wildman–Crippen MR) is 76.4 cm³/mol. The van der Waals surface area contributed by atoms with Gasteiger partial charge in [0.05, 0.1) is 4.75 Å². The minimum absolute atomic E-state index is 0.263. The SMILES string of the molecule is CC1(C)CCSCC1NCC(C)(C)S(C)(=O)=O. The molecular formula is C12H25NO2S2. The first-order chi connectivity index (χ1) is 7.56. The Morgan fingerprint density at radius 3 is 2.47 bits per heavy atom. The van der Waals surface area contributed by atoms with Gasteiger partial charge in [-0.2, -0.15) is 11.8 Å². The first-order valence-electron chi connectivity index (χ1n) is 6.07. The molecule has 0 spiro atoms. The summed E-state index contributed by atoms with van der Waals surface area (Å²) in [5.41, 5.74) is 0.263. The Morgan fingerprint density at radius 2 is 2.00 bits per heavy atom. The second kappa shape index (κ2) is 5.10. The Kier molecular flexibility index (Phi) is 4.59. The molecule has 0 aromatic heterocycles. The molecule has 1 N–H and O–H groups in total. The summed E-state index contributed by atoms with van der Waals surface area (Å²) in [5, 5.41) is 3.46. The number of thioether (sulfide) groups is 1. The van der Waals surface area contributed by atoms with E-state index in [1.165, 1.54) is 18.4 Å². The molecule has 1 rings (SSSR count). The second-order valence-corrected chi connectivity index (χ2v) is 10.1. The van der Waals surface area contributed by atoms with Gasteiger partial charge in [-0.25, -0.2) is 8.42 Å². The molecule has 1 heterocycles. The van der Waals surface area contributed by atoms with Gasteiger partial charge in [-0.15, -0.1) is 0 Å². The summed E-state index contributed by atoms with van der Waals surface area (Å²) in [4.78, 5) is 0. The molecule has 5 heteroatoms. The Balaban J connectivity index is 2.62. The number of hydrogen-bond donors (Lipinski definition) is 1. The highest BCUT2D eigenvalue weighted by Crippen LogP contribution is 2.34. The highest BCUT2D eigenvalue weighted by molar-refractivity contribution is 7.99. The molecule has 1 aliphatic rings. The average Bonchev–Trinajstić information content (AvgIpc) is 2.13. The Bertz CT molecular complexity index is 361.